The van der Waals surface area contributed by atoms with Crippen LogP contribution in [0.2, 0.25) is 0 Å². The quantitative estimate of drug-likeness (QED) is 0.866. The highest BCUT2D eigenvalue weighted by atomic mass is 16.5. The van der Waals surface area contributed by atoms with E-state index in [0.29, 0.717) is 11.3 Å². The van der Waals surface area contributed by atoms with Gasteiger partial charge < -0.3 is 9.84 Å². The third-order valence-electron chi connectivity index (χ3n) is 4.96. The number of fused-ring (bicyclic) bond motifs is 3. The number of carbonyl (C=O) groups is 2. The van der Waals surface area contributed by atoms with Gasteiger partial charge in [0, 0.05) is 16.7 Å². The summed E-state index contributed by atoms with van der Waals surface area (Å²) in [6, 6.07) is 4.76. The SMILES string of the molecule is COc1ccc2c(c1)C(=O)[C@@]1(O)C=C3CCC(C)=C3C=C1C2=O. The largest absolute Gasteiger partial charge is 0.497 e. The molecule has 0 saturated heterocycles. The van der Waals surface area contributed by atoms with Gasteiger partial charge in [0.05, 0.1) is 7.11 Å². The van der Waals surface area contributed by atoms with Crippen LogP contribution in [0.1, 0.15) is 40.5 Å². The Hall–Kier alpha value is -2.46. The zero-order chi connectivity index (χ0) is 16.4. The van der Waals surface area contributed by atoms with Crippen molar-refractivity contribution in [2.75, 3.05) is 7.11 Å². The molecule has 0 saturated carbocycles. The highest BCUT2D eigenvalue weighted by Crippen LogP contribution is 2.44. The van der Waals surface area contributed by atoms with Gasteiger partial charge in [0.25, 0.3) is 0 Å². The molecule has 23 heavy (non-hydrogen) atoms. The molecule has 4 heteroatoms. The number of ketones is 2. The van der Waals surface area contributed by atoms with Gasteiger partial charge in [-0.1, -0.05) is 5.57 Å². The van der Waals surface area contributed by atoms with Gasteiger partial charge in [0.2, 0.25) is 5.78 Å². The van der Waals surface area contributed by atoms with Gasteiger partial charge in [-0.15, -0.1) is 0 Å². The van der Waals surface area contributed by atoms with Gasteiger partial charge >= 0.3 is 0 Å². The van der Waals surface area contributed by atoms with E-state index in [1.165, 1.54) is 18.7 Å². The molecule has 0 aliphatic heterocycles. The Balaban J connectivity index is 1.97. The molecule has 4 rings (SSSR count). The molecule has 1 aromatic rings. The highest BCUT2D eigenvalue weighted by molar-refractivity contribution is 6.28. The fourth-order valence-corrected chi connectivity index (χ4v) is 3.63. The number of Topliss-reactive ketones (excluding diaryl/α,β-unsaturated/α-hetero) is 2. The number of benzene rings is 1. The number of hydrogen-bond donors (Lipinski definition) is 1. The minimum Gasteiger partial charge on any atom is -0.497 e. The van der Waals surface area contributed by atoms with E-state index in [2.05, 4.69) is 0 Å². The van der Waals surface area contributed by atoms with E-state index >= 15 is 0 Å². The lowest BCUT2D eigenvalue weighted by molar-refractivity contribution is 0.0586. The summed E-state index contributed by atoms with van der Waals surface area (Å²) in [7, 11) is 1.50. The fourth-order valence-electron chi connectivity index (χ4n) is 3.63. The molecule has 0 spiro atoms. The number of ether oxygens (including phenoxy) is 1. The standard InChI is InChI=1S/C19H16O4/c1-10-3-4-11-9-19(22)16(8-14(10)11)17(20)13-6-5-12(23-2)7-15(13)18(19)21/h5-9,22H,3-4H2,1-2H3/t19-/m1/s1. The van der Waals surface area contributed by atoms with E-state index in [1.54, 1.807) is 24.3 Å². The summed E-state index contributed by atoms with van der Waals surface area (Å²) in [5, 5.41) is 11.0. The molecule has 4 nitrogen and oxygen atoms in total. The number of hydrogen-bond acceptors (Lipinski definition) is 4. The number of allylic oxidation sites excluding steroid dienone is 4. The van der Waals surface area contributed by atoms with Gasteiger partial charge in [0.15, 0.2) is 11.4 Å². The van der Waals surface area contributed by atoms with Crippen molar-refractivity contribution in [2.45, 2.75) is 25.4 Å². The Labute approximate surface area is 133 Å². The third-order valence-corrected chi connectivity index (χ3v) is 4.96. The first-order valence-electron chi connectivity index (χ1n) is 7.59. The second-order valence-corrected chi connectivity index (χ2v) is 6.26. The maximum atomic E-state index is 12.9. The molecule has 3 aliphatic rings. The van der Waals surface area contributed by atoms with Crippen molar-refractivity contribution in [1.29, 1.82) is 0 Å². The van der Waals surface area contributed by atoms with Crippen LogP contribution in [0.5, 0.6) is 5.75 Å². The summed E-state index contributed by atoms with van der Waals surface area (Å²) in [6.45, 7) is 2.02. The minimum absolute atomic E-state index is 0.153. The van der Waals surface area contributed by atoms with Gasteiger partial charge in [-0.3, -0.25) is 9.59 Å². The van der Waals surface area contributed by atoms with Crippen LogP contribution in [-0.4, -0.2) is 29.4 Å². The lowest BCUT2D eigenvalue weighted by Crippen LogP contribution is -2.47. The first-order chi connectivity index (χ1) is 11.0. The van der Waals surface area contributed by atoms with Gasteiger partial charge in [0.1, 0.15) is 5.75 Å². The molecule has 0 fully saturated rings. The monoisotopic (exact) mass is 308 g/mol. The average molecular weight is 308 g/mol. The molecule has 0 amide bonds. The van der Waals surface area contributed by atoms with E-state index in [1.807, 2.05) is 6.92 Å². The Morgan fingerprint density at radius 3 is 2.70 bits per heavy atom. The van der Waals surface area contributed by atoms with E-state index in [-0.39, 0.29) is 16.9 Å². The molecule has 116 valence electrons. The van der Waals surface area contributed by atoms with E-state index < -0.39 is 11.4 Å². The van der Waals surface area contributed by atoms with Crippen molar-refractivity contribution < 1.29 is 19.4 Å². The molecule has 0 unspecified atom stereocenters. The lowest BCUT2D eigenvalue weighted by Gasteiger charge is -2.34. The summed E-state index contributed by atoms with van der Waals surface area (Å²) >= 11 is 0. The van der Waals surface area contributed by atoms with Crippen LogP contribution in [0, 0.1) is 0 Å². The Kier molecular flexibility index (Phi) is 2.78. The molecule has 0 heterocycles. The normalized spacial score (nSPS) is 25.5. The summed E-state index contributed by atoms with van der Waals surface area (Å²) in [5.41, 5.74) is 1.95. The summed E-state index contributed by atoms with van der Waals surface area (Å²) in [5.74, 6) is -0.276. The molecule has 0 aromatic heterocycles. The highest BCUT2D eigenvalue weighted by Gasteiger charge is 2.50. The Bertz CT molecular complexity index is 869. The molecule has 3 aliphatic carbocycles. The topological polar surface area (TPSA) is 63.6 Å². The molecule has 1 N–H and O–H groups in total. The van der Waals surface area contributed by atoms with Crippen LogP contribution in [0.25, 0.3) is 0 Å². The molecule has 0 bridgehead atoms. The van der Waals surface area contributed by atoms with Gasteiger partial charge in [-0.25, -0.2) is 0 Å². The minimum atomic E-state index is -1.86. The lowest BCUT2D eigenvalue weighted by atomic mass is 9.70. The predicted octanol–water partition coefficient (Wildman–Crippen LogP) is 2.78. The van der Waals surface area contributed by atoms with Crippen molar-refractivity contribution >= 4 is 11.6 Å². The van der Waals surface area contributed by atoms with Crippen LogP contribution in [0.4, 0.5) is 0 Å². The maximum absolute atomic E-state index is 12.9. The molecule has 1 atom stereocenters. The fraction of sp³-hybridized carbons (Fsp3) is 0.263. The van der Waals surface area contributed by atoms with Crippen LogP contribution in [0.15, 0.2) is 52.6 Å². The second kappa shape index (κ2) is 4.52. The zero-order valence-electron chi connectivity index (χ0n) is 13.0. The van der Waals surface area contributed by atoms with Crippen molar-refractivity contribution in [2.24, 2.45) is 0 Å². The van der Waals surface area contributed by atoms with E-state index in [0.717, 1.165) is 24.0 Å². The molecular weight excluding hydrogens is 292 g/mol. The van der Waals surface area contributed by atoms with Crippen LogP contribution >= 0.6 is 0 Å². The van der Waals surface area contributed by atoms with Crippen molar-refractivity contribution in [1.82, 2.24) is 0 Å². The van der Waals surface area contributed by atoms with E-state index in [4.69, 9.17) is 4.74 Å². The molecule has 0 radical (unpaired) electrons. The molecule has 1 aromatic carbocycles. The van der Waals surface area contributed by atoms with Crippen molar-refractivity contribution in [3.05, 3.63) is 63.8 Å². The Morgan fingerprint density at radius 2 is 1.96 bits per heavy atom. The van der Waals surface area contributed by atoms with Crippen molar-refractivity contribution in [3.8, 4) is 5.75 Å². The van der Waals surface area contributed by atoms with Gasteiger partial charge in [-0.2, -0.15) is 0 Å². The molecular formula is C19H16O4. The number of carbonyl (C=O) groups excluding carboxylic acids is 2. The summed E-state index contributed by atoms with van der Waals surface area (Å²) < 4.78 is 5.13. The van der Waals surface area contributed by atoms with E-state index in [9.17, 15) is 14.7 Å². The first-order valence-corrected chi connectivity index (χ1v) is 7.59. The maximum Gasteiger partial charge on any atom is 0.204 e. The van der Waals surface area contributed by atoms with Crippen LogP contribution in [-0.2, 0) is 0 Å². The smallest absolute Gasteiger partial charge is 0.204 e. The first kappa shape index (κ1) is 14.2. The van der Waals surface area contributed by atoms with Crippen LogP contribution in [0.3, 0.4) is 0 Å². The average Bonchev–Trinajstić information content (AvgIpc) is 2.91. The van der Waals surface area contributed by atoms with Crippen molar-refractivity contribution in [3.63, 3.8) is 0 Å². The third kappa shape index (κ3) is 1.75. The number of rotatable bonds is 1. The Morgan fingerprint density at radius 1 is 1.17 bits per heavy atom. The van der Waals surface area contributed by atoms with Gasteiger partial charge in [-0.05, 0) is 61.3 Å². The zero-order valence-corrected chi connectivity index (χ0v) is 13.0. The number of aliphatic hydroxyl groups is 1. The second-order valence-electron chi connectivity index (χ2n) is 6.26. The predicted molar refractivity (Wildman–Crippen MR) is 84.7 cm³/mol. The summed E-state index contributed by atoms with van der Waals surface area (Å²) in [4.78, 5) is 25.7. The number of methoxy groups -OCH3 is 1. The van der Waals surface area contributed by atoms with Crippen LogP contribution < -0.4 is 4.74 Å². The summed E-state index contributed by atoms with van der Waals surface area (Å²) in [6.07, 6.45) is 4.95.